The molecule has 1 amide bonds. The lowest BCUT2D eigenvalue weighted by Crippen LogP contribution is -2.46. The lowest BCUT2D eigenvalue weighted by molar-refractivity contribution is -0.142. The molecule has 0 aromatic carbocycles. The van der Waals surface area contributed by atoms with Gasteiger partial charge < -0.3 is 9.64 Å². The van der Waals surface area contributed by atoms with Gasteiger partial charge in [0.2, 0.25) is 5.91 Å². The monoisotopic (exact) mass is 169 g/mol. The van der Waals surface area contributed by atoms with Gasteiger partial charge >= 0.3 is 0 Å². The molecule has 1 fully saturated rings. The Morgan fingerprint density at radius 2 is 2.33 bits per heavy atom. The quantitative estimate of drug-likeness (QED) is 0.551. The van der Waals surface area contributed by atoms with E-state index >= 15 is 0 Å². The van der Waals surface area contributed by atoms with E-state index in [1.807, 2.05) is 13.8 Å². The molecular weight excluding hydrogens is 154 g/mol. The molecule has 0 aromatic heterocycles. The molecule has 1 aliphatic heterocycles. The van der Waals surface area contributed by atoms with Crippen LogP contribution < -0.4 is 0 Å². The number of hydrogen-bond acceptors (Lipinski definition) is 2. The molecule has 68 valence electrons. The molecule has 1 rings (SSSR count). The third-order valence-corrected chi connectivity index (χ3v) is 2.13. The zero-order valence-electron chi connectivity index (χ0n) is 7.83. The van der Waals surface area contributed by atoms with Crippen molar-refractivity contribution in [1.82, 2.24) is 4.90 Å². The normalized spacial score (nSPS) is 27.2. The fourth-order valence-corrected chi connectivity index (χ4v) is 1.62. The van der Waals surface area contributed by atoms with E-state index in [2.05, 4.69) is 6.58 Å². The summed E-state index contributed by atoms with van der Waals surface area (Å²) in [6.07, 6.45) is 1.75. The van der Waals surface area contributed by atoms with E-state index in [-0.39, 0.29) is 11.9 Å². The van der Waals surface area contributed by atoms with Gasteiger partial charge in [-0.05, 0) is 13.8 Å². The fourth-order valence-electron chi connectivity index (χ4n) is 1.62. The molecule has 3 nitrogen and oxygen atoms in total. The van der Waals surface area contributed by atoms with Crippen molar-refractivity contribution in [3.05, 3.63) is 12.7 Å². The first-order chi connectivity index (χ1) is 5.49. The van der Waals surface area contributed by atoms with Gasteiger partial charge in [0.1, 0.15) is 5.72 Å². The summed E-state index contributed by atoms with van der Waals surface area (Å²) >= 11 is 0. The summed E-state index contributed by atoms with van der Waals surface area (Å²) in [5.74, 6) is 0.0300. The van der Waals surface area contributed by atoms with Gasteiger partial charge in [0.05, 0.1) is 12.6 Å². The Hall–Kier alpha value is -0.830. The van der Waals surface area contributed by atoms with Crippen LogP contribution >= 0.6 is 0 Å². The Morgan fingerprint density at radius 1 is 1.75 bits per heavy atom. The predicted molar refractivity (Wildman–Crippen MR) is 46.5 cm³/mol. The molecule has 1 heterocycles. The summed E-state index contributed by atoms with van der Waals surface area (Å²) in [5, 5.41) is 0. The zero-order valence-corrected chi connectivity index (χ0v) is 7.83. The van der Waals surface area contributed by atoms with Crippen molar-refractivity contribution in [3.63, 3.8) is 0 Å². The minimum Gasteiger partial charge on any atom is -0.354 e. The lowest BCUT2D eigenvalue weighted by atomic mass is 10.2. The molecule has 0 aromatic rings. The van der Waals surface area contributed by atoms with Crippen LogP contribution in [0.1, 0.15) is 20.8 Å². The lowest BCUT2D eigenvalue weighted by Gasteiger charge is -2.31. The first-order valence-corrected chi connectivity index (χ1v) is 4.05. The van der Waals surface area contributed by atoms with E-state index in [0.717, 1.165) is 0 Å². The van der Waals surface area contributed by atoms with Crippen molar-refractivity contribution in [2.45, 2.75) is 32.5 Å². The number of carbonyl (C=O) groups is 1. The highest BCUT2D eigenvalue weighted by Crippen LogP contribution is 2.27. The molecule has 0 N–H and O–H groups in total. The maximum Gasteiger partial charge on any atom is 0.222 e. The van der Waals surface area contributed by atoms with E-state index in [4.69, 9.17) is 4.74 Å². The molecule has 0 spiro atoms. The Labute approximate surface area is 73.0 Å². The maximum atomic E-state index is 11.2. The third-order valence-electron chi connectivity index (χ3n) is 2.13. The van der Waals surface area contributed by atoms with Gasteiger partial charge in [-0.3, -0.25) is 4.79 Å². The Bertz CT molecular complexity index is 211. The molecule has 1 aliphatic rings. The number of nitrogens with zero attached hydrogens (tertiary/aromatic N) is 1. The SMILES string of the molecule is C=C[C@H]1COC(C)(C)N1C(C)=O. The second-order valence-corrected chi connectivity index (χ2v) is 3.45. The van der Waals surface area contributed by atoms with Gasteiger partial charge in [0.25, 0.3) is 0 Å². The summed E-state index contributed by atoms with van der Waals surface area (Å²) in [6.45, 7) is 9.54. The van der Waals surface area contributed by atoms with E-state index < -0.39 is 5.72 Å². The fraction of sp³-hybridized carbons (Fsp3) is 0.667. The smallest absolute Gasteiger partial charge is 0.222 e. The van der Waals surface area contributed by atoms with Crippen LogP contribution in [-0.2, 0) is 9.53 Å². The highest BCUT2D eigenvalue weighted by Gasteiger charge is 2.40. The van der Waals surface area contributed by atoms with Gasteiger partial charge in [0, 0.05) is 6.92 Å². The molecule has 0 bridgehead atoms. The highest BCUT2D eigenvalue weighted by molar-refractivity contribution is 5.74. The Kier molecular flexibility index (Phi) is 2.24. The van der Waals surface area contributed by atoms with Gasteiger partial charge in [-0.2, -0.15) is 0 Å². The second kappa shape index (κ2) is 2.90. The van der Waals surface area contributed by atoms with Crippen LogP contribution in [0.2, 0.25) is 0 Å². The van der Waals surface area contributed by atoms with Gasteiger partial charge in [-0.25, -0.2) is 0 Å². The Balaban J connectivity index is 2.87. The molecule has 1 saturated heterocycles. The average Bonchev–Trinajstić information content (AvgIpc) is 2.24. The first kappa shape index (κ1) is 9.26. The van der Waals surface area contributed by atoms with Crippen LogP contribution in [0, 0.1) is 0 Å². The van der Waals surface area contributed by atoms with Crippen molar-refractivity contribution >= 4 is 5.91 Å². The van der Waals surface area contributed by atoms with Crippen LogP contribution in [0.4, 0.5) is 0 Å². The zero-order chi connectivity index (χ0) is 9.35. The molecule has 1 atom stereocenters. The largest absolute Gasteiger partial charge is 0.354 e. The molecular formula is C9H15NO2. The minimum atomic E-state index is -0.481. The molecule has 0 saturated carbocycles. The van der Waals surface area contributed by atoms with Crippen LogP contribution in [0.3, 0.4) is 0 Å². The standard InChI is InChI=1S/C9H15NO2/c1-5-8-6-12-9(3,4)10(8)7(2)11/h5,8H,1,6H2,2-4H3/t8-/m0/s1. The second-order valence-electron chi connectivity index (χ2n) is 3.45. The van der Waals surface area contributed by atoms with Crippen molar-refractivity contribution in [1.29, 1.82) is 0 Å². The van der Waals surface area contributed by atoms with E-state index in [1.165, 1.54) is 0 Å². The van der Waals surface area contributed by atoms with Gasteiger partial charge in [-0.1, -0.05) is 6.08 Å². The van der Waals surface area contributed by atoms with E-state index in [1.54, 1.807) is 17.9 Å². The van der Waals surface area contributed by atoms with Crippen molar-refractivity contribution in [2.75, 3.05) is 6.61 Å². The summed E-state index contributed by atoms with van der Waals surface area (Å²) in [7, 11) is 0. The number of amides is 1. The molecule has 0 radical (unpaired) electrons. The number of carbonyl (C=O) groups excluding carboxylic acids is 1. The van der Waals surface area contributed by atoms with Crippen LogP contribution in [0.25, 0.3) is 0 Å². The topological polar surface area (TPSA) is 29.5 Å². The molecule has 0 unspecified atom stereocenters. The maximum absolute atomic E-state index is 11.2. The van der Waals surface area contributed by atoms with E-state index in [9.17, 15) is 4.79 Å². The van der Waals surface area contributed by atoms with Crippen LogP contribution in [-0.4, -0.2) is 29.2 Å². The number of ether oxygens (including phenoxy) is 1. The highest BCUT2D eigenvalue weighted by atomic mass is 16.5. The summed E-state index contributed by atoms with van der Waals surface area (Å²) < 4.78 is 5.45. The molecule has 12 heavy (non-hydrogen) atoms. The molecule has 0 aliphatic carbocycles. The number of hydrogen-bond donors (Lipinski definition) is 0. The third kappa shape index (κ3) is 1.37. The first-order valence-electron chi connectivity index (χ1n) is 4.05. The summed E-state index contributed by atoms with van der Waals surface area (Å²) in [5.41, 5.74) is -0.481. The summed E-state index contributed by atoms with van der Waals surface area (Å²) in [4.78, 5) is 12.9. The molecule has 3 heteroatoms. The Morgan fingerprint density at radius 3 is 2.67 bits per heavy atom. The summed E-state index contributed by atoms with van der Waals surface area (Å²) in [6, 6.07) is 0.0255. The number of rotatable bonds is 1. The van der Waals surface area contributed by atoms with Crippen molar-refractivity contribution in [2.24, 2.45) is 0 Å². The van der Waals surface area contributed by atoms with E-state index in [0.29, 0.717) is 6.61 Å². The van der Waals surface area contributed by atoms with Crippen molar-refractivity contribution < 1.29 is 9.53 Å². The van der Waals surface area contributed by atoms with Crippen LogP contribution in [0.15, 0.2) is 12.7 Å². The van der Waals surface area contributed by atoms with Crippen molar-refractivity contribution in [3.8, 4) is 0 Å². The van der Waals surface area contributed by atoms with Crippen LogP contribution in [0.5, 0.6) is 0 Å². The van der Waals surface area contributed by atoms with Gasteiger partial charge in [-0.15, -0.1) is 6.58 Å². The average molecular weight is 169 g/mol. The van der Waals surface area contributed by atoms with Gasteiger partial charge in [0.15, 0.2) is 0 Å². The minimum absolute atomic E-state index is 0.0255. The predicted octanol–water partition coefficient (Wildman–Crippen LogP) is 1.16.